The molecular formula is C13H18N4O2S2. The fraction of sp³-hybridized carbons (Fsp3) is 0.385. The highest BCUT2D eigenvalue weighted by Gasteiger charge is 2.15. The van der Waals surface area contributed by atoms with E-state index in [4.69, 9.17) is 0 Å². The highest BCUT2D eigenvalue weighted by atomic mass is 32.2. The molecule has 0 saturated carbocycles. The van der Waals surface area contributed by atoms with Crippen molar-refractivity contribution in [2.24, 2.45) is 0 Å². The Kier molecular flexibility index (Phi) is 5.27. The summed E-state index contributed by atoms with van der Waals surface area (Å²) in [6.07, 6.45) is 2.03. The Balaban J connectivity index is 1.96. The SMILES string of the molecule is CNC(C)c1csc(NS(=O)(=O)CCc2ccccn2)n1. The van der Waals surface area contributed by atoms with Gasteiger partial charge in [0.1, 0.15) is 0 Å². The molecule has 1 atom stereocenters. The van der Waals surface area contributed by atoms with Gasteiger partial charge in [0.25, 0.3) is 0 Å². The Morgan fingerprint density at radius 1 is 1.38 bits per heavy atom. The molecule has 114 valence electrons. The molecule has 2 rings (SSSR count). The lowest BCUT2D eigenvalue weighted by Crippen LogP contribution is -2.19. The Bertz CT molecular complexity index is 670. The van der Waals surface area contributed by atoms with Crippen LogP contribution in [-0.4, -0.2) is 31.2 Å². The van der Waals surface area contributed by atoms with Crippen LogP contribution in [0, 0.1) is 0 Å². The van der Waals surface area contributed by atoms with E-state index < -0.39 is 10.0 Å². The highest BCUT2D eigenvalue weighted by Crippen LogP contribution is 2.21. The number of nitrogens with zero attached hydrogens (tertiary/aromatic N) is 2. The maximum atomic E-state index is 12.0. The third-order valence-electron chi connectivity index (χ3n) is 2.99. The summed E-state index contributed by atoms with van der Waals surface area (Å²) in [7, 11) is -1.58. The maximum absolute atomic E-state index is 12.0. The number of aromatic nitrogens is 2. The van der Waals surface area contributed by atoms with E-state index in [9.17, 15) is 8.42 Å². The minimum absolute atomic E-state index is 0.0134. The second-order valence-corrected chi connectivity index (χ2v) is 7.28. The van der Waals surface area contributed by atoms with Gasteiger partial charge in [-0.3, -0.25) is 9.71 Å². The predicted octanol–water partition coefficient (Wildman–Crippen LogP) is 1.80. The molecule has 0 bridgehead atoms. The van der Waals surface area contributed by atoms with E-state index in [0.717, 1.165) is 11.4 Å². The monoisotopic (exact) mass is 326 g/mol. The number of nitrogens with one attached hydrogen (secondary N) is 2. The van der Waals surface area contributed by atoms with Crippen LogP contribution in [-0.2, 0) is 16.4 Å². The van der Waals surface area contributed by atoms with E-state index in [1.165, 1.54) is 11.3 Å². The van der Waals surface area contributed by atoms with Crippen LogP contribution in [0.25, 0.3) is 0 Å². The van der Waals surface area contributed by atoms with Crippen molar-refractivity contribution in [1.29, 1.82) is 0 Å². The number of thiazole rings is 1. The second-order valence-electron chi connectivity index (χ2n) is 4.58. The quantitative estimate of drug-likeness (QED) is 0.810. The van der Waals surface area contributed by atoms with Gasteiger partial charge in [0.15, 0.2) is 5.13 Å². The molecule has 0 aliphatic carbocycles. The van der Waals surface area contributed by atoms with Crippen LogP contribution in [0.5, 0.6) is 0 Å². The van der Waals surface area contributed by atoms with Crippen LogP contribution >= 0.6 is 11.3 Å². The lowest BCUT2D eigenvalue weighted by Gasteiger charge is -2.06. The molecule has 0 fully saturated rings. The van der Waals surface area contributed by atoms with Crippen LogP contribution in [0.1, 0.15) is 24.4 Å². The van der Waals surface area contributed by atoms with Gasteiger partial charge in [-0.15, -0.1) is 11.3 Å². The first-order chi connectivity index (χ1) is 10.00. The summed E-state index contributed by atoms with van der Waals surface area (Å²) in [5.41, 5.74) is 1.58. The van der Waals surface area contributed by atoms with Gasteiger partial charge >= 0.3 is 0 Å². The Morgan fingerprint density at radius 3 is 2.86 bits per heavy atom. The first-order valence-corrected chi connectivity index (χ1v) is 9.06. The second kappa shape index (κ2) is 6.97. The molecule has 21 heavy (non-hydrogen) atoms. The topological polar surface area (TPSA) is 84.0 Å². The van der Waals surface area contributed by atoms with Crippen molar-refractivity contribution >= 4 is 26.5 Å². The first-order valence-electron chi connectivity index (χ1n) is 6.53. The largest absolute Gasteiger partial charge is 0.312 e. The van der Waals surface area contributed by atoms with E-state index in [2.05, 4.69) is 20.0 Å². The van der Waals surface area contributed by atoms with E-state index in [-0.39, 0.29) is 11.8 Å². The molecule has 0 aliphatic rings. The maximum Gasteiger partial charge on any atom is 0.234 e. The van der Waals surface area contributed by atoms with Gasteiger partial charge in [0, 0.05) is 29.7 Å². The fourth-order valence-electron chi connectivity index (χ4n) is 1.65. The van der Waals surface area contributed by atoms with Crippen LogP contribution in [0.3, 0.4) is 0 Å². The van der Waals surface area contributed by atoms with E-state index in [1.807, 2.05) is 31.5 Å². The van der Waals surface area contributed by atoms with Crippen molar-refractivity contribution in [2.45, 2.75) is 19.4 Å². The highest BCUT2D eigenvalue weighted by molar-refractivity contribution is 7.92. The van der Waals surface area contributed by atoms with Crippen molar-refractivity contribution in [1.82, 2.24) is 15.3 Å². The Morgan fingerprint density at radius 2 is 2.19 bits per heavy atom. The summed E-state index contributed by atoms with van der Waals surface area (Å²) >= 11 is 1.28. The number of rotatable bonds is 7. The van der Waals surface area contributed by atoms with Crippen molar-refractivity contribution in [3.63, 3.8) is 0 Å². The molecular weight excluding hydrogens is 308 g/mol. The van der Waals surface area contributed by atoms with E-state index in [0.29, 0.717) is 11.6 Å². The minimum Gasteiger partial charge on any atom is -0.312 e. The molecule has 0 aromatic carbocycles. The number of anilines is 1. The molecule has 2 N–H and O–H groups in total. The van der Waals surface area contributed by atoms with E-state index >= 15 is 0 Å². The third kappa shape index (κ3) is 4.76. The molecule has 1 unspecified atom stereocenters. The van der Waals surface area contributed by atoms with Crippen LogP contribution in [0.4, 0.5) is 5.13 Å². The van der Waals surface area contributed by atoms with Gasteiger partial charge in [0.05, 0.1) is 11.4 Å². The molecule has 0 aliphatic heterocycles. The minimum atomic E-state index is -3.41. The lowest BCUT2D eigenvalue weighted by molar-refractivity contribution is 0.600. The molecule has 2 heterocycles. The van der Waals surface area contributed by atoms with Crippen molar-refractivity contribution < 1.29 is 8.42 Å². The zero-order valence-corrected chi connectivity index (χ0v) is 13.5. The van der Waals surface area contributed by atoms with Gasteiger partial charge in [-0.25, -0.2) is 13.4 Å². The van der Waals surface area contributed by atoms with E-state index in [1.54, 1.807) is 12.3 Å². The Hall–Kier alpha value is -1.51. The molecule has 2 aromatic rings. The molecule has 0 radical (unpaired) electrons. The predicted molar refractivity (Wildman–Crippen MR) is 84.9 cm³/mol. The number of aryl methyl sites for hydroxylation is 1. The smallest absolute Gasteiger partial charge is 0.234 e. The summed E-state index contributed by atoms with van der Waals surface area (Å²) in [5, 5.41) is 5.30. The number of hydrogen-bond acceptors (Lipinski definition) is 6. The van der Waals surface area contributed by atoms with Crippen LogP contribution < -0.4 is 10.0 Å². The first kappa shape index (κ1) is 15.9. The average molecular weight is 326 g/mol. The standard InChI is InChI=1S/C13H18N4O2S2/c1-10(14-2)12-9-20-13(16-12)17-21(18,19)8-6-11-5-3-4-7-15-11/h3-5,7,9-10,14H,6,8H2,1-2H3,(H,16,17). The van der Waals surface area contributed by atoms with Crippen molar-refractivity contribution in [3.05, 3.63) is 41.2 Å². The summed E-state index contributed by atoms with van der Waals surface area (Å²) in [4.78, 5) is 8.39. The summed E-state index contributed by atoms with van der Waals surface area (Å²) in [6, 6.07) is 5.55. The van der Waals surface area contributed by atoms with Gasteiger partial charge < -0.3 is 5.32 Å². The van der Waals surface area contributed by atoms with Crippen molar-refractivity contribution in [2.75, 3.05) is 17.5 Å². The Labute approximate surface area is 128 Å². The van der Waals surface area contributed by atoms with Gasteiger partial charge in [-0.2, -0.15) is 0 Å². The van der Waals surface area contributed by atoms with Gasteiger partial charge in [0.2, 0.25) is 10.0 Å². The third-order valence-corrected chi connectivity index (χ3v) is 5.15. The molecule has 0 saturated heterocycles. The summed E-state index contributed by atoms with van der Waals surface area (Å²) < 4.78 is 26.6. The van der Waals surface area contributed by atoms with Crippen molar-refractivity contribution in [3.8, 4) is 0 Å². The molecule has 2 aromatic heterocycles. The lowest BCUT2D eigenvalue weighted by atomic mass is 10.3. The number of sulfonamides is 1. The normalized spacial score (nSPS) is 13.0. The average Bonchev–Trinajstić information content (AvgIpc) is 2.93. The number of pyridine rings is 1. The fourth-order valence-corrected chi connectivity index (χ4v) is 3.76. The zero-order chi connectivity index (χ0) is 15.3. The molecule has 0 spiro atoms. The molecule has 0 amide bonds. The van der Waals surface area contributed by atoms with Gasteiger partial charge in [-0.05, 0) is 26.1 Å². The molecule has 6 nitrogen and oxygen atoms in total. The molecule has 8 heteroatoms. The number of hydrogen-bond donors (Lipinski definition) is 2. The van der Waals surface area contributed by atoms with Crippen LogP contribution in [0.15, 0.2) is 29.8 Å². The van der Waals surface area contributed by atoms with Gasteiger partial charge in [-0.1, -0.05) is 6.07 Å². The zero-order valence-electron chi connectivity index (χ0n) is 11.9. The summed E-state index contributed by atoms with van der Waals surface area (Å²) in [5.74, 6) is -0.0134. The summed E-state index contributed by atoms with van der Waals surface area (Å²) in [6.45, 7) is 1.97. The van der Waals surface area contributed by atoms with Crippen LogP contribution in [0.2, 0.25) is 0 Å².